The summed E-state index contributed by atoms with van der Waals surface area (Å²) in [5.74, 6) is -1.64. The molecular formula is C29H29N3O4. The molecule has 0 bridgehead atoms. The number of amides is 3. The topological polar surface area (TPSA) is 98.7 Å². The third kappa shape index (κ3) is 5.10. The summed E-state index contributed by atoms with van der Waals surface area (Å²) < 4.78 is 0. The molecule has 0 radical (unpaired) electrons. The van der Waals surface area contributed by atoms with Crippen LogP contribution in [0.1, 0.15) is 37.2 Å². The van der Waals surface area contributed by atoms with Gasteiger partial charge in [0.05, 0.1) is 12.1 Å². The molecule has 3 amide bonds. The number of carbonyl (C=O) groups is 3. The van der Waals surface area contributed by atoms with Crippen LogP contribution < -0.4 is 10.6 Å². The molecule has 1 heterocycles. The van der Waals surface area contributed by atoms with Gasteiger partial charge < -0.3 is 20.6 Å². The Labute approximate surface area is 209 Å². The van der Waals surface area contributed by atoms with Crippen molar-refractivity contribution in [3.8, 4) is 0 Å². The maximum absolute atomic E-state index is 12.9. The SMILES string of the molecule is O=C(CN1CC(C(=O)N[C@H]2CC[C@@H](c3ccccc3)CC2)=C(O)C1=O)Nc1ccc2ccccc2c1. The number of fused-ring (bicyclic) bond motifs is 1. The standard InChI is InChI=1S/C29H29N3O4/c33-26(30-24-15-12-20-8-4-5-9-22(20)16-24)18-32-17-25(27(34)29(32)36)28(35)31-23-13-10-21(11-14-23)19-6-2-1-3-7-19/h1-9,12,15-16,21,23,34H,10-11,13-14,17-18H2,(H,30,33)(H,31,35)/t21-,23+. The first-order chi connectivity index (χ1) is 17.5. The second kappa shape index (κ2) is 10.2. The summed E-state index contributed by atoms with van der Waals surface area (Å²) in [4.78, 5) is 39.2. The summed E-state index contributed by atoms with van der Waals surface area (Å²) in [5.41, 5.74) is 1.96. The van der Waals surface area contributed by atoms with Crippen LogP contribution in [0, 0.1) is 0 Å². The van der Waals surface area contributed by atoms with Gasteiger partial charge in [-0.15, -0.1) is 0 Å². The van der Waals surface area contributed by atoms with Crippen LogP contribution in [0.5, 0.6) is 0 Å². The largest absolute Gasteiger partial charge is 0.503 e. The van der Waals surface area contributed by atoms with Gasteiger partial charge in [0.25, 0.3) is 11.8 Å². The molecule has 0 aromatic heterocycles. The first-order valence-electron chi connectivity index (χ1n) is 12.3. The van der Waals surface area contributed by atoms with Gasteiger partial charge in [-0.25, -0.2) is 0 Å². The van der Waals surface area contributed by atoms with Crippen molar-refractivity contribution >= 4 is 34.2 Å². The van der Waals surface area contributed by atoms with Gasteiger partial charge in [0.1, 0.15) is 6.54 Å². The molecular weight excluding hydrogens is 454 g/mol. The third-order valence-electron chi connectivity index (χ3n) is 7.10. The quantitative estimate of drug-likeness (QED) is 0.488. The number of hydrogen-bond acceptors (Lipinski definition) is 4. The third-order valence-corrected chi connectivity index (χ3v) is 7.10. The van der Waals surface area contributed by atoms with Crippen LogP contribution in [0.4, 0.5) is 5.69 Å². The summed E-state index contributed by atoms with van der Waals surface area (Å²) in [7, 11) is 0. The summed E-state index contributed by atoms with van der Waals surface area (Å²) in [5, 5.41) is 18.2. The Kier molecular flexibility index (Phi) is 6.71. The minimum atomic E-state index is -0.707. The highest BCUT2D eigenvalue weighted by Gasteiger charge is 2.36. The molecule has 1 saturated carbocycles. The van der Waals surface area contributed by atoms with Crippen LogP contribution in [0.2, 0.25) is 0 Å². The smallest absolute Gasteiger partial charge is 0.290 e. The van der Waals surface area contributed by atoms with E-state index in [1.165, 1.54) is 10.5 Å². The highest BCUT2D eigenvalue weighted by Crippen LogP contribution is 2.33. The lowest BCUT2D eigenvalue weighted by Gasteiger charge is -2.29. The summed E-state index contributed by atoms with van der Waals surface area (Å²) >= 11 is 0. The Morgan fingerprint density at radius 2 is 1.58 bits per heavy atom. The molecule has 0 spiro atoms. The lowest BCUT2D eigenvalue weighted by atomic mass is 9.82. The normalized spacial score (nSPS) is 20.0. The molecule has 0 saturated heterocycles. The van der Waals surface area contributed by atoms with Crippen LogP contribution in [0.25, 0.3) is 10.8 Å². The van der Waals surface area contributed by atoms with E-state index in [2.05, 4.69) is 22.8 Å². The van der Waals surface area contributed by atoms with Crippen molar-refractivity contribution < 1.29 is 19.5 Å². The molecule has 3 aromatic carbocycles. The molecule has 7 heteroatoms. The first-order valence-corrected chi connectivity index (χ1v) is 12.3. The van der Waals surface area contributed by atoms with E-state index in [4.69, 9.17) is 0 Å². The number of aliphatic hydroxyl groups excluding tert-OH is 1. The van der Waals surface area contributed by atoms with E-state index >= 15 is 0 Å². The van der Waals surface area contributed by atoms with Gasteiger partial charge in [-0.1, -0.05) is 60.7 Å². The first kappa shape index (κ1) is 23.6. The van der Waals surface area contributed by atoms with Crippen molar-refractivity contribution in [2.75, 3.05) is 18.4 Å². The molecule has 3 N–H and O–H groups in total. The average molecular weight is 484 g/mol. The van der Waals surface area contributed by atoms with E-state index in [1.54, 1.807) is 6.07 Å². The molecule has 5 rings (SSSR count). The van der Waals surface area contributed by atoms with E-state index in [9.17, 15) is 19.5 Å². The zero-order valence-corrected chi connectivity index (χ0v) is 19.9. The highest BCUT2D eigenvalue weighted by atomic mass is 16.3. The Hall–Kier alpha value is -4.13. The number of aliphatic hydroxyl groups is 1. The van der Waals surface area contributed by atoms with Crippen LogP contribution in [-0.2, 0) is 14.4 Å². The van der Waals surface area contributed by atoms with Crippen molar-refractivity contribution in [3.63, 3.8) is 0 Å². The summed E-state index contributed by atoms with van der Waals surface area (Å²) in [6.07, 6.45) is 3.62. The number of nitrogens with one attached hydrogen (secondary N) is 2. The Morgan fingerprint density at radius 3 is 2.33 bits per heavy atom. The summed E-state index contributed by atoms with van der Waals surface area (Å²) in [6, 6.07) is 23.8. The van der Waals surface area contributed by atoms with E-state index in [-0.39, 0.29) is 24.7 Å². The number of nitrogens with zero attached hydrogens (tertiary/aromatic N) is 1. The number of benzene rings is 3. The molecule has 0 unspecified atom stereocenters. The molecule has 1 aliphatic carbocycles. The van der Waals surface area contributed by atoms with E-state index in [0.29, 0.717) is 11.6 Å². The number of carbonyl (C=O) groups excluding carboxylic acids is 3. The molecule has 1 aliphatic heterocycles. The van der Waals surface area contributed by atoms with Crippen molar-refractivity contribution in [2.24, 2.45) is 0 Å². The Bertz CT molecular complexity index is 1330. The minimum Gasteiger partial charge on any atom is -0.503 e. The highest BCUT2D eigenvalue weighted by molar-refractivity contribution is 6.08. The maximum atomic E-state index is 12.9. The molecule has 184 valence electrons. The van der Waals surface area contributed by atoms with E-state index in [0.717, 1.165) is 36.5 Å². The van der Waals surface area contributed by atoms with Gasteiger partial charge in [0, 0.05) is 11.7 Å². The fourth-order valence-electron chi connectivity index (χ4n) is 5.13. The van der Waals surface area contributed by atoms with Gasteiger partial charge in [0.15, 0.2) is 5.76 Å². The van der Waals surface area contributed by atoms with Crippen LogP contribution in [-0.4, -0.2) is 46.9 Å². The van der Waals surface area contributed by atoms with Gasteiger partial charge >= 0.3 is 0 Å². The van der Waals surface area contributed by atoms with Crippen molar-refractivity contribution in [1.29, 1.82) is 0 Å². The van der Waals surface area contributed by atoms with E-state index < -0.39 is 23.5 Å². The molecule has 7 nitrogen and oxygen atoms in total. The minimum absolute atomic E-state index is 0.00174. The van der Waals surface area contributed by atoms with Gasteiger partial charge in [-0.2, -0.15) is 0 Å². The maximum Gasteiger partial charge on any atom is 0.290 e. The number of rotatable bonds is 6. The molecule has 1 fully saturated rings. The predicted molar refractivity (Wildman–Crippen MR) is 138 cm³/mol. The molecule has 36 heavy (non-hydrogen) atoms. The lowest BCUT2D eigenvalue weighted by molar-refractivity contribution is -0.131. The van der Waals surface area contributed by atoms with Crippen LogP contribution >= 0.6 is 0 Å². The second-order valence-corrected chi connectivity index (χ2v) is 9.53. The zero-order valence-electron chi connectivity index (χ0n) is 19.9. The fourth-order valence-corrected chi connectivity index (χ4v) is 5.13. The zero-order chi connectivity index (χ0) is 25.1. The van der Waals surface area contributed by atoms with Crippen LogP contribution in [0.15, 0.2) is 84.1 Å². The van der Waals surface area contributed by atoms with Crippen molar-refractivity contribution in [3.05, 3.63) is 89.7 Å². The summed E-state index contributed by atoms with van der Waals surface area (Å²) in [6.45, 7) is -0.352. The van der Waals surface area contributed by atoms with Gasteiger partial charge in [-0.3, -0.25) is 14.4 Å². The second-order valence-electron chi connectivity index (χ2n) is 9.53. The van der Waals surface area contributed by atoms with Gasteiger partial charge in [0.2, 0.25) is 5.91 Å². The van der Waals surface area contributed by atoms with Crippen molar-refractivity contribution in [1.82, 2.24) is 10.2 Å². The lowest BCUT2D eigenvalue weighted by Crippen LogP contribution is -2.40. The number of anilines is 1. The van der Waals surface area contributed by atoms with Gasteiger partial charge in [-0.05, 0) is 60.1 Å². The van der Waals surface area contributed by atoms with Crippen LogP contribution in [0.3, 0.4) is 0 Å². The molecule has 2 aliphatic rings. The Morgan fingerprint density at radius 1 is 0.889 bits per heavy atom. The monoisotopic (exact) mass is 483 g/mol. The molecule has 0 atom stereocenters. The van der Waals surface area contributed by atoms with E-state index in [1.807, 2.05) is 54.6 Å². The number of hydrogen-bond donors (Lipinski definition) is 3. The average Bonchev–Trinajstić information content (AvgIpc) is 3.18. The van der Waals surface area contributed by atoms with Crippen molar-refractivity contribution in [2.45, 2.75) is 37.6 Å². The Balaban J connectivity index is 1.14. The predicted octanol–water partition coefficient (Wildman–Crippen LogP) is 4.28. The fraction of sp³-hybridized carbons (Fsp3) is 0.276. The molecule has 3 aromatic rings.